The third-order valence-corrected chi connectivity index (χ3v) is 7.61. The second kappa shape index (κ2) is 31.1. The van der Waals surface area contributed by atoms with E-state index in [1.807, 2.05) is 0 Å². The van der Waals surface area contributed by atoms with Crippen LogP contribution < -0.4 is 0 Å². The van der Waals surface area contributed by atoms with Crippen molar-refractivity contribution in [3.8, 4) is 0 Å². The molecule has 1 aliphatic heterocycles. The molecule has 36 heavy (non-hydrogen) atoms. The Labute approximate surface area is 229 Å². The van der Waals surface area contributed by atoms with Gasteiger partial charge in [0.05, 0.1) is 25.4 Å². The lowest BCUT2D eigenvalue weighted by molar-refractivity contribution is -0.0324. The summed E-state index contributed by atoms with van der Waals surface area (Å²) in [6, 6.07) is 0. The minimum absolute atomic E-state index is 0.526. The second-order valence-corrected chi connectivity index (χ2v) is 11.5. The largest absolute Gasteiger partial charge is 0.377 e. The van der Waals surface area contributed by atoms with Gasteiger partial charge in [-0.15, -0.1) is 0 Å². The Morgan fingerprint density at radius 1 is 0.389 bits per heavy atom. The maximum Gasteiger partial charge on any atom is 0.0701 e. The highest BCUT2D eigenvalue weighted by molar-refractivity contribution is 4.67. The fraction of sp³-hybridized carbons (Fsp3) is 1.00. The summed E-state index contributed by atoms with van der Waals surface area (Å²) in [4.78, 5) is 0. The highest BCUT2D eigenvalue weighted by Gasteiger charge is 2.16. The molecule has 2 unspecified atom stereocenters. The minimum atomic E-state index is 0.526. The topological polar surface area (TPSA) is 21.8 Å². The molecule has 1 heterocycles. The van der Waals surface area contributed by atoms with E-state index in [0.29, 0.717) is 12.2 Å². The van der Waals surface area contributed by atoms with Crippen LogP contribution in [0.15, 0.2) is 0 Å². The van der Waals surface area contributed by atoms with Crippen molar-refractivity contribution < 1.29 is 9.47 Å². The van der Waals surface area contributed by atoms with Gasteiger partial charge in [-0.3, -0.25) is 0 Å². The average Bonchev–Trinajstić information content (AvgIpc) is 3.77. The normalized spacial score (nSPS) is 14.3. The predicted molar refractivity (Wildman–Crippen MR) is 162 cm³/mol. The Morgan fingerprint density at radius 2 is 0.611 bits per heavy atom. The van der Waals surface area contributed by atoms with Crippen molar-refractivity contribution >= 4 is 0 Å². The van der Waals surface area contributed by atoms with E-state index in [9.17, 15) is 0 Å². The van der Waals surface area contributed by atoms with Crippen LogP contribution >= 0.6 is 0 Å². The molecule has 0 N–H and O–H groups in total. The van der Waals surface area contributed by atoms with Crippen molar-refractivity contribution in [2.45, 2.75) is 207 Å². The molecule has 0 aromatic carbocycles. The summed E-state index contributed by atoms with van der Waals surface area (Å²) in [6.45, 7) is 11.3. The predicted octanol–water partition coefficient (Wildman–Crippen LogP) is 12.0. The first kappa shape index (κ1) is 35.9. The molecular weight excluding hydrogens is 440 g/mol. The molecule has 0 aliphatic carbocycles. The van der Waals surface area contributed by atoms with Crippen LogP contribution in [0.3, 0.4) is 0 Å². The van der Waals surface area contributed by atoms with Crippen LogP contribution in [0.4, 0.5) is 0 Å². The third-order valence-electron chi connectivity index (χ3n) is 7.61. The molecule has 1 aliphatic rings. The van der Waals surface area contributed by atoms with E-state index in [2.05, 4.69) is 32.4 Å². The monoisotopic (exact) mass is 511 g/mol. The number of rotatable bonds is 28. The standard InChI is InChI=1S/C32H66O.C2H4O/c1-5-9-13-17-19-21-25-29-31(27-23-15-11-7-3)33-32(28-24-16-12-8-4)30-26-22-20-18-14-10-6-2;1-2-3-1/h31-32H,5-30H2,1-4H3;1-2H2. The minimum Gasteiger partial charge on any atom is -0.377 e. The van der Waals surface area contributed by atoms with Gasteiger partial charge in [0.1, 0.15) is 0 Å². The number of ether oxygens (including phenoxy) is 2. The lowest BCUT2D eigenvalue weighted by Gasteiger charge is -2.26. The van der Waals surface area contributed by atoms with Gasteiger partial charge < -0.3 is 9.47 Å². The fourth-order valence-electron chi connectivity index (χ4n) is 5.09. The average molecular weight is 511 g/mol. The first-order valence-electron chi connectivity index (χ1n) is 17.0. The number of hydrogen-bond acceptors (Lipinski definition) is 2. The van der Waals surface area contributed by atoms with Crippen LogP contribution in [0.5, 0.6) is 0 Å². The zero-order valence-corrected chi connectivity index (χ0v) is 25.8. The van der Waals surface area contributed by atoms with Gasteiger partial charge >= 0.3 is 0 Å². The van der Waals surface area contributed by atoms with Gasteiger partial charge in [-0.25, -0.2) is 0 Å². The quantitative estimate of drug-likeness (QED) is 0.0770. The van der Waals surface area contributed by atoms with Crippen molar-refractivity contribution in [1.82, 2.24) is 0 Å². The van der Waals surface area contributed by atoms with Crippen LogP contribution in [0.25, 0.3) is 0 Å². The summed E-state index contributed by atoms with van der Waals surface area (Å²) < 4.78 is 11.4. The first-order chi connectivity index (χ1) is 17.8. The lowest BCUT2D eigenvalue weighted by atomic mass is 9.99. The molecule has 2 heteroatoms. The van der Waals surface area contributed by atoms with Gasteiger partial charge in [0.2, 0.25) is 0 Å². The molecule has 0 amide bonds. The number of unbranched alkanes of at least 4 members (excludes halogenated alkanes) is 18. The molecule has 218 valence electrons. The van der Waals surface area contributed by atoms with Crippen molar-refractivity contribution in [3.05, 3.63) is 0 Å². The Kier molecular flexibility index (Phi) is 31.1. The van der Waals surface area contributed by atoms with Gasteiger partial charge in [0.25, 0.3) is 0 Å². The Balaban J connectivity index is 0.00000377. The van der Waals surface area contributed by atoms with Gasteiger partial charge in [0.15, 0.2) is 0 Å². The highest BCUT2D eigenvalue weighted by Crippen LogP contribution is 2.23. The summed E-state index contributed by atoms with van der Waals surface area (Å²) in [5, 5.41) is 0. The zero-order valence-electron chi connectivity index (χ0n) is 25.8. The zero-order chi connectivity index (χ0) is 26.4. The highest BCUT2D eigenvalue weighted by atomic mass is 16.6. The Hall–Kier alpha value is -0.0800. The second-order valence-electron chi connectivity index (χ2n) is 11.5. The number of epoxide rings is 1. The molecule has 0 spiro atoms. The third kappa shape index (κ3) is 30.1. The van der Waals surface area contributed by atoms with E-state index >= 15 is 0 Å². The van der Waals surface area contributed by atoms with Crippen molar-refractivity contribution in [1.29, 1.82) is 0 Å². The molecule has 0 bridgehead atoms. The Bertz CT molecular complexity index is 347. The number of hydrogen-bond donors (Lipinski definition) is 0. The molecule has 2 nitrogen and oxygen atoms in total. The maximum absolute atomic E-state index is 6.90. The van der Waals surface area contributed by atoms with E-state index in [1.165, 1.54) is 167 Å². The summed E-state index contributed by atoms with van der Waals surface area (Å²) >= 11 is 0. The van der Waals surface area contributed by atoms with Crippen LogP contribution in [-0.2, 0) is 9.47 Å². The summed E-state index contributed by atoms with van der Waals surface area (Å²) in [5.41, 5.74) is 0. The van der Waals surface area contributed by atoms with Crippen molar-refractivity contribution in [3.63, 3.8) is 0 Å². The first-order valence-corrected chi connectivity index (χ1v) is 17.0. The van der Waals surface area contributed by atoms with E-state index in [0.717, 1.165) is 13.2 Å². The van der Waals surface area contributed by atoms with E-state index < -0.39 is 0 Å². The van der Waals surface area contributed by atoms with E-state index in [-0.39, 0.29) is 0 Å². The molecular formula is C34H70O2. The van der Waals surface area contributed by atoms with Crippen LogP contribution in [0.2, 0.25) is 0 Å². The Morgan fingerprint density at radius 3 is 0.861 bits per heavy atom. The SMILES string of the molecule is C1CO1.CCCCCCCCCC(CCCCCC)OC(CCCCCC)CCCCCCCCC. The lowest BCUT2D eigenvalue weighted by Crippen LogP contribution is -2.23. The van der Waals surface area contributed by atoms with E-state index in [4.69, 9.17) is 4.74 Å². The van der Waals surface area contributed by atoms with E-state index in [1.54, 1.807) is 0 Å². The fourth-order valence-corrected chi connectivity index (χ4v) is 5.09. The summed E-state index contributed by atoms with van der Waals surface area (Å²) in [5.74, 6) is 0. The molecule has 0 aromatic heterocycles. The van der Waals surface area contributed by atoms with Crippen LogP contribution in [0, 0.1) is 0 Å². The molecule has 0 radical (unpaired) electrons. The molecule has 1 rings (SSSR count). The smallest absolute Gasteiger partial charge is 0.0701 e. The van der Waals surface area contributed by atoms with Gasteiger partial charge in [0, 0.05) is 0 Å². The molecule has 0 saturated carbocycles. The summed E-state index contributed by atoms with van der Waals surface area (Å²) in [6.07, 6.45) is 37.0. The molecule has 2 atom stereocenters. The molecule has 0 aromatic rings. The van der Waals surface area contributed by atoms with Crippen LogP contribution in [-0.4, -0.2) is 25.4 Å². The summed E-state index contributed by atoms with van der Waals surface area (Å²) in [7, 11) is 0. The van der Waals surface area contributed by atoms with Crippen molar-refractivity contribution in [2.75, 3.05) is 13.2 Å². The van der Waals surface area contributed by atoms with Gasteiger partial charge in [-0.1, -0.05) is 169 Å². The van der Waals surface area contributed by atoms with Gasteiger partial charge in [-0.2, -0.15) is 0 Å². The maximum atomic E-state index is 6.90. The van der Waals surface area contributed by atoms with Crippen LogP contribution in [0.1, 0.15) is 195 Å². The molecule has 1 fully saturated rings. The molecule has 1 saturated heterocycles. The van der Waals surface area contributed by atoms with Gasteiger partial charge in [-0.05, 0) is 25.7 Å². The van der Waals surface area contributed by atoms with Crippen molar-refractivity contribution in [2.24, 2.45) is 0 Å².